The summed E-state index contributed by atoms with van der Waals surface area (Å²) in [5.74, 6) is -2.51. The molecule has 4 aromatic carbocycles. The van der Waals surface area contributed by atoms with Gasteiger partial charge in [-0.25, -0.2) is 0 Å². The van der Waals surface area contributed by atoms with Crippen LogP contribution in [-0.4, -0.2) is 42.1 Å². The molecular formula is C46H51N2O7+. The van der Waals surface area contributed by atoms with Gasteiger partial charge in [-0.1, -0.05) is 72.8 Å². The topological polar surface area (TPSA) is 145 Å². The predicted octanol–water partition coefficient (Wildman–Crippen LogP) is 7.23. The summed E-state index contributed by atoms with van der Waals surface area (Å²) in [4.78, 5) is 49.5. The van der Waals surface area contributed by atoms with E-state index in [0.29, 0.717) is 12.8 Å². The fourth-order valence-electron chi connectivity index (χ4n) is 8.46. The van der Waals surface area contributed by atoms with Gasteiger partial charge in [0.2, 0.25) is 12.5 Å². The molecule has 8 rings (SSSR count). The van der Waals surface area contributed by atoms with Crippen LogP contribution in [0.15, 0.2) is 84.9 Å². The summed E-state index contributed by atoms with van der Waals surface area (Å²) >= 11 is 0. The van der Waals surface area contributed by atoms with E-state index in [1.165, 1.54) is 54.4 Å². The van der Waals surface area contributed by atoms with E-state index in [9.17, 15) is 24.3 Å². The average Bonchev–Trinajstić information content (AvgIpc) is 3.81. The lowest BCUT2D eigenvalue weighted by Crippen LogP contribution is -2.45. The van der Waals surface area contributed by atoms with Gasteiger partial charge in [0.1, 0.15) is 6.92 Å². The van der Waals surface area contributed by atoms with Crippen molar-refractivity contribution in [3.05, 3.63) is 136 Å². The molecule has 4 aliphatic rings. The minimum atomic E-state index is -1.47. The van der Waals surface area contributed by atoms with Gasteiger partial charge in [-0.3, -0.25) is 19.2 Å². The van der Waals surface area contributed by atoms with E-state index in [4.69, 9.17) is 15.2 Å². The maximum absolute atomic E-state index is 13.4. The summed E-state index contributed by atoms with van der Waals surface area (Å²) in [6, 6.07) is 27.6. The number of hydrogen-bond donors (Lipinski definition) is 3. The van der Waals surface area contributed by atoms with Crippen LogP contribution in [0.4, 0.5) is 11.4 Å². The van der Waals surface area contributed by atoms with Gasteiger partial charge >= 0.3 is 17.9 Å². The monoisotopic (exact) mass is 743 g/mol. The van der Waals surface area contributed by atoms with Crippen molar-refractivity contribution < 1.29 is 33.8 Å². The minimum Gasteiger partial charge on any atom is -0.480 e. The van der Waals surface area contributed by atoms with Crippen molar-refractivity contribution in [2.75, 3.05) is 24.3 Å². The van der Waals surface area contributed by atoms with Crippen molar-refractivity contribution in [1.29, 1.82) is 0 Å². The number of benzene rings is 4. The van der Waals surface area contributed by atoms with Crippen LogP contribution >= 0.6 is 0 Å². The van der Waals surface area contributed by atoms with Gasteiger partial charge in [0.15, 0.2) is 10.8 Å². The van der Waals surface area contributed by atoms with Gasteiger partial charge in [0, 0.05) is 11.4 Å². The van der Waals surface area contributed by atoms with E-state index >= 15 is 0 Å². The van der Waals surface area contributed by atoms with Gasteiger partial charge < -0.3 is 25.6 Å². The van der Waals surface area contributed by atoms with Crippen molar-refractivity contribution in [2.24, 2.45) is 10.8 Å². The minimum absolute atomic E-state index is 0.0514. The van der Waals surface area contributed by atoms with Gasteiger partial charge in [-0.05, 0) is 141 Å². The van der Waals surface area contributed by atoms with Crippen LogP contribution in [0, 0.1) is 17.8 Å². The normalized spacial score (nSPS) is 16.5. The third-order valence-electron chi connectivity index (χ3n) is 11.4. The second-order valence-electron chi connectivity index (χ2n) is 14.9. The highest BCUT2D eigenvalue weighted by atomic mass is 16.5. The van der Waals surface area contributed by atoms with Crippen LogP contribution in [0.3, 0.4) is 0 Å². The van der Waals surface area contributed by atoms with Crippen LogP contribution in [0.25, 0.3) is 0 Å². The highest BCUT2D eigenvalue weighted by molar-refractivity contribution is 6.10. The summed E-state index contributed by atoms with van der Waals surface area (Å²) in [7, 11) is 0. The standard InChI is InChI=1S/C23H25NO3.C13H12O4.C10H13N/c1-2-27-22(26)23(14-17-9-3-4-10-18(17)15-23)21(25)24-20-13-7-11-16-8-5-6-12-19(16)20;1-2-17-12(16)13(11(14)15)7-9-5-3-4-6-10(9)8-13;11-10-7-3-5-8-4-1-2-6-9(8)10/h3-4,7,9-11,13H,2,5-6,8,12,14-15H2,1H3,(H,24,25);3-6H,1-2,7-8H2;3,5,7H,1-2,4,6,11H2/p+1. The summed E-state index contributed by atoms with van der Waals surface area (Å²) < 4.78 is 10.1. The molecule has 0 aromatic heterocycles. The number of carboxylic acid groups (broad SMARTS) is 1. The first-order valence-electron chi connectivity index (χ1n) is 19.4. The van der Waals surface area contributed by atoms with Gasteiger partial charge in [0.05, 0.1) is 6.61 Å². The Kier molecular flexibility index (Phi) is 12.3. The molecule has 0 spiro atoms. The summed E-state index contributed by atoms with van der Waals surface area (Å²) in [5.41, 5.74) is 14.3. The Hall–Kier alpha value is -5.57. The molecular weight excluding hydrogens is 693 g/mol. The number of aliphatic carboxylic acids is 1. The fourth-order valence-corrected chi connectivity index (χ4v) is 8.46. The zero-order valence-corrected chi connectivity index (χ0v) is 31.7. The molecule has 0 atom stereocenters. The molecule has 0 saturated carbocycles. The molecule has 0 fully saturated rings. The van der Waals surface area contributed by atoms with Crippen molar-refractivity contribution in [3.63, 3.8) is 0 Å². The van der Waals surface area contributed by atoms with E-state index in [2.05, 4.69) is 30.4 Å². The Labute approximate surface area is 323 Å². The highest BCUT2D eigenvalue weighted by Crippen LogP contribution is 2.41. The lowest BCUT2D eigenvalue weighted by atomic mass is 9.83. The smallest absolute Gasteiger partial charge is 0.327 e. The first-order valence-corrected chi connectivity index (χ1v) is 19.4. The predicted molar refractivity (Wildman–Crippen MR) is 212 cm³/mol. The Bertz CT molecular complexity index is 2000. The maximum Gasteiger partial charge on any atom is 0.327 e. The molecule has 0 saturated heterocycles. The van der Waals surface area contributed by atoms with Crippen molar-refractivity contribution >= 4 is 35.2 Å². The first-order chi connectivity index (χ1) is 26.6. The maximum atomic E-state index is 13.4. The second kappa shape index (κ2) is 17.3. The number of nitrogens with two attached hydrogens (primary N) is 1. The first kappa shape index (κ1) is 39.1. The Balaban J connectivity index is 0.000000156. The largest absolute Gasteiger partial charge is 0.480 e. The number of fused-ring (bicyclic) bond motifs is 4. The van der Waals surface area contributed by atoms with Crippen molar-refractivity contribution in [1.82, 2.24) is 0 Å². The molecule has 1 amide bonds. The number of rotatable bonds is 7. The van der Waals surface area contributed by atoms with Crippen LogP contribution in [0.5, 0.6) is 0 Å². The quantitative estimate of drug-likeness (QED) is 0.0778. The Morgan fingerprint density at radius 1 is 0.636 bits per heavy atom. The molecule has 0 radical (unpaired) electrons. The lowest BCUT2D eigenvalue weighted by Gasteiger charge is -2.27. The van der Waals surface area contributed by atoms with E-state index in [-0.39, 0.29) is 32.0 Å². The number of esters is 2. The number of aryl methyl sites for hydroxylation is 2. The molecule has 4 N–H and O–H groups in total. The molecule has 0 aliphatic heterocycles. The molecule has 0 unspecified atom stereocenters. The molecule has 0 heterocycles. The van der Waals surface area contributed by atoms with Crippen LogP contribution < -0.4 is 11.1 Å². The van der Waals surface area contributed by atoms with Crippen LogP contribution in [-0.2, 0) is 80.0 Å². The van der Waals surface area contributed by atoms with E-state index < -0.39 is 28.7 Å². The van der Waals surface area contributed by atoms with Gasteiger partial charge in [-0.15, -0.1) is 0 Å². The number of nitrogen functional groups attached to an aromatic ring is 1. The lowest BCUT2D eigenvalue weighted by molar-refractivity contribution is -0.167. The number of carbonyl (C=O) groups is 4. The van der Waals surface area contributed by atoms with E-state index in [1.807, 2.05) is 66.7 Å². The summed E-state index contributed by atoms with van der Waals surface area (Å²) in [6.45, 7) is 5.40. The number of carboxylic acids is 1. The molecule has 0 bridgehead atoms. The number of amides is 1. The zero-order valence-electron chi connectivity index (χ0n) is 31.7. The third-order valence-corrected chi connectivity index (χ3v) is 11.4. The number of anilines is 2. The molecule has 9 nitrogen and oxygen atoms in total. The van der Waals surface area contributed by atoms with Crippen molar-refractivity contribution in [3.8, 4) is 0 Å². The number of carbonyl (C=O) groups excluding carboxylic acids is 3. The highest BCUT2D eigenvalue weighted by Gasteiger charge is 2.53. The van der Waals surface area contributed by atoms with Crippen LogP contribution in [0.1, 0.15) is 77.1 Å². The van der Waals surface area contributed by atoms with E-state index in [1.54, 1.807) is 6.92 Å². The number of ether oxygens (including phenoxy) is 2. The fraction of sp³-hybridized carbons (Fsp3) is 0.370. The van der Waals surface area contributed by atoms with Gasteiger partial charge in [-0.2, -0.15) is 0 Å². The van der Waals surface area contributed by atoms with Crippen molar-refractivity contribution in [2.45, 2.75) is 84.0 Å². The number of nitrogens with one attached hydrogen (secondary N) is 1. The van der Waals surface area contributed by atoms with E-state index in [0.717, 1.165) is 52.9 Å². The average molecular weight is 744 g/mol. The molecule has 286 valence electrons. The molecule has 55 heavy (non-hydrogen) atoms. The second-order valence-corrected chi connectivity index (χ2v) is 14.9. The molecule has 4 aliphatic carbocycles. The third kappa shape index (κ3) is 8.26. The molecule has 9 heteroatoms. The Morgan fingerprint density at radius 3 is 1.60 bits per heavy atom. The van der Waals surface area contributed by atoms with Crippen LogP contribution in [0.2, 0.25) is 0 Å². The van der Waals surface area contributed by atoms with Gasteiger partial charge in [0.25, 0.3) is 0 Å². The molecule has 4 aromatic rings. The zero-order chi connectivity index (χ0) is 39.0. The SMILES string of the molecule is CCOC(=O)C1(C(=O)Nc2cccc3c2CCCC3)Cc2ccccc2C1.Nc1cccc2c1CCCC2.[CH2+]COC(=O)C1(C(=O)O)Cc2ccccc2C1. The Morgan fingerprint density at radius 2 is 1.09 bits per heavy atom. The summed E-state index contributed by atoms with van der Waals surface area (Å²) in [6.07, 6.45) is 10.5. The summed E-state index contributed by atoms with van der Waals surface area (Å²) in [5, 5.41) is 12.4. The number of hydrogen-bond acceptors (Lipinski definition) is 7.